The smallest absolute Gasteiger partial charge is 0.274 e. The first-order valence-corrected chi connectivity index (χ1v) is 9.57. The molecule has 0 atom stereocenters. The van der Waals surface area contributed by atoms with Crippen molar-refractivity contribution >= 4 is 11.7 Å². The van der Waals surface area contributed by atoms with Crippen molar-refractivity contribution in [2.75, 3.05) is 63.9 Å². The third kappa shape index (κ3) is 3.54. The quantitative estimate of drug-likeness (QED) is 0.781. The first kappa shape index (κ1) is 17.6. The van der Waals surface area contributed by atoms with Gasteiger partial charge in [0.15, 0.2) is 17.3 Å². The predicted molar refractivity (Wildman–Crippen MR) is 96.1 cm³/mol. The number of likely N-dealkylation sites (N-methyl/N-ethyl adjacent to an activating group) is 1. The highest BCUT2D eigenvalue weighted by molar-refractivity contribution is 5.92. The van der Waals surface area contributed by atoms with E-state index in [1.54, 1.807) is 6.07 Å². The molecular formula is C18H27N5O3. The summed E-state index contributed by atoms with van der Waals surface area (Å²) >= 11 is 0. The van der Waals surface area contributed by atoms with Gasteiger partial charge in [-0.05, 0) is 18.7 Å². The van der Waals surface area contributed by atoms with Gasteiger partial charge in [0.05, 0.1) is 13.2 Å². The van der Waals surface area contributed by atoms with Gasteiger partial charge < -0.3 is 24.2 Å². The van der Waals surface area contributed by atoms with Crippen molar-refractivity contribution in [3.63, 3.8) is 0 Å². The molecule has 26 heavy (non-hydrogen) atoms. The molecule has 0 radical (unpaired) electrons. The molecule has 142 valence electrons. The highest BCUT2D eigenvalue weighted by Gasteiger charge is 2.41. The Morgan fingerprint density at radius 2 is 1.73 bits per heavy atom. The van der Waals surface area contributed by atoms with Crippen LogP contribution in [0.1, 0.15) is 30.3 Å². The van der Waals surface area contributed by atoms with Gasteiger partial charge in [0.25, 0.3) is 5.91 Å². The van der Waals surface area contributed by atoms with Crippen molar-refractivity contribution in [1.82, 2.24) is 20.0 Å². The zero-order valence-electron chi connectivity index (χ0n) is 15.4. The number of carbonyl (C=O) groups is 1. The van der Waals surface area contributed by atoms with E-state index in [2.05, 4.69) is 26.9 Å². The molecule has 3 saturated heterocycles. The number of piperidine rings is 1. The number of amides is 1. The Labute approximate surface area is 154 Å². The predicted octanol–water partition coefficient (Wildman–Crippen LogP) is 0.598. The second kappa shape index (κ2) is 7.46. The standard InChI is InChI=1S/C18H27N5O3/c1-2-21-9-11-22(12-10-21)16-4-3-15(19-20-16)17(24)23-7-5-18(6-8-23)25-13-14-26-18/h3-4H,2,5-14H2,1H3. The molecule has 0 saturated carbocycles. The van der Waals surface area contributed by atoms with E-state index in [0.717, 1.165) is 38.5 Å². The fraction of sp³-hybridized carbons (Fsp3) is 0.722. The highest BCUT2D eigenvalue weighted by Crippen LogP contribution is 2.31. The van der Waals surface area contributed by atoms with Gasteiger partial charge in [-0.15, -0.1) is 10.2 Å². The van der Waals surface area contributed by atoms with E-state index in [0.29, 0.717) is 44.8 Å². The number of likely N-dealkylation sites (tertiary alicyclic amines) is 1. The number of hydrogen-bond acceptors (Lipinski definition) is 7. The third-order valence-electron chi connectivity index (χ3n) is 5.64. The minimum absolute atomic E-state index is 0.0623. The van der Waals surface area contributed by atoms with Gasteiger partial charge in [0.2, 0.25) is 0 Å². The summed E-state index contributed by atoms with van der Waals surface area (Å²) in [5.41, 5.74) is 0.408. The monoisotopic (exact) mass is 361 g/mol. The van der Waals surface area contributed by atoms with Gasteiger partial charge in [-0.2, -0.15) is 0 Å². The lowest BCUT2D eigenvalue weighted by atomic mass is 10.0. The summed E-state index contributed by atoms with van der Waals surface area (Å²) in [5.74, 6) is 0.322. The van der Waals surface area contributed by atoms with E-state index >= 15 is 0 Å². The molecule has 1 amide bonds. The van der Waals surface area contributed by atoms with Gasteiger partial charge in [0, 0.05) is 52.1 Å². The van der Waals surface area contributed by atoms with Crippen molar-refractivity contribution in [3.05, 3.63) is 17.8 Å². The van der Waals surface area contributed by atoms with E-state index < -0.39 is 5.79 Å². The van der Waals surface area contributed by atoms with Crippen molar-refractivity contribution in [2.24, 2.45) is 0 Å². The number of nitrogens with zero attached hydrogens (tertiary/aromatic N) is 5. The number of piperazine rings is 1. The number of aromatic nitrogens is 2. The largest absolute Gasteiger partial charge is 0.353 e. The zero-order chi connectivity index (χ0) is 18.0. The van der Waals surface area contributed by atoms with Gasteiger partial charge in [0.1, 0.15) is 0 Å². The summed E-state index contributed by atoms with van der Waals surface area (Å²) in [6.07, 6.45) is 1.43. The first-order chi connectivity index (χ1) is 12.7. The lowest BCUT2D eigenvalue weighted by molar-refractivity contribution is -0.181. The molecule has 0 N–H and O–H groups in total. The van der Waals surface area contributed by atoms with E-state index in [9.17, 15) is 4.79 Å². The van der Waals surface area contributed by atoms with Crippen LogP contribution in [0.25, 0.3) is 0 Å². The molecule has 4 rings (SSSR count). The van der Waals surface area contributed by atoms with Crippen LogP contribution in [0.5, 0.6) is 0 Å². The molecule has 0 unspecified atom stereocenters. The molecule has 0 bridgehead atoms. The fourth-order valence-electron chi connectivity index (χ4n) is 3.90. The zero-order valence-corrected chi connectivity index (χ0v) is 15.4. The molecule has 8 heteroatoms. The van der Waals surface area contributed by atoms with E-state index in [-0.39, 0.29) is 5.91 Å². The Morgan fingerprint density at radius 3 is 2.31 bits per heavy atom. The maximum absolute atomic E-state index is 12.7. The van der Waals surface area contributed by atoms with Crippen LogP contribution in [0.4, 0.5) is 5.82 Å². The molecule has 3 aliphatic rings. The van der Waals surface area contributed by atoms with Crippen molar-refractivity contribution < 1.29 is 14.3 Å². The molecule has 1 aromatic rings. The Morgan fingerprint density at radius 1 is 1.04 bits per heavy atom. The molecule has 0 aliphatic carbocycles. The number of anilines is 1. The molecule has 1 aromatic heterocycles. The van der Waals surface area contributed by atoms with Crippen LogP contribution in [0.2, 0.25) is 0 Å². The van der Waals surface area contributed by atoms with Crippen LogP contribution in [-0.4, -0.2) is 90.7 Å². The lowest BCUT2D eigenvalue weighted by Gasteiger charge is -2.37. The van der Waals surface area contributed by atoms with E-state index in [4.69, 9.17) is 9.47 Å². The van der Waals surface area contributed by atoms with E-state index in [1.807, 2.05) is 11.0 Å². The van der Waals surface area contributed by atoms with Gasteiger partial charge >= 0.3 is 0 Å². The van der Waals surface area contributed by atoms with E-state index in [1.165, 1.54) is 0 Å². The molecule has 0 aromatic carbocycles. The van der Waals surface area contributed by atoms with Crippen molar-refractivity contribution in [1.29, 1.82) is 0 Å². The summed E-state index contributed by atoms with van der Waals surface area (Å²) in [6, 6.07) is 3.71. The third-order valence-corrected chi connectivity index (χ3v) is 5.64. The molecule has 8 nitrogen and oxygen atoms in total. The average molecular weight is 361 g/mol. The van der Waals surface area contributed by atoms with Crippen molar-refractivity contribution in [2.45, 2.75) is 25.6 Å². The topological polar surface area (TPSA) is 71.0 Å². The fourth-order valence-corrected chi connectivity index (χ4v) is 3.90. The van der Waals surface area contributed by atoms with Crippen LogP contribution >= 0.6 is 0 Å². The minimum atomic E-state index is -0.465. The maximum atomic E-state index is 12.7. The Bertz CT molecular complexity index is 614. The van der Waals surface area contributed by atoms with Crippen LogP contribution in [0.3, 0.4) is 0 Å². The molecule has 3 aliphatic heterocycles. The SMILES string of the molecule is CCN1CCN(c2ccc(C(=O)N3CCC4(CC3)OCCO4)nn2)CC1. The average Bonchev–Trinajstić information content (AvgIpc) is 3.16. The summed E-state index contributed by atoms with van der Waals surface area (Å²) in [4.78, 5) is 19.2. The molecule has 3 fully saturated rings. The van der Waals surface area contributed by atoms with Gasteiger partial charge in [-0.3, -0.25) is 4.79 Å². The number of rotatable bonds is 3. The normalized spacial score (nSPS) is 23.6. The second-order valence-corrected chi connectivity index (χ2v) is 7.10. The van der Waals surface area contributed by atoms with Crippen molar-refractivity contribution in [3.8, 4) is 0 Å². The van der Waals surface area contributed by atoms with Crippen LogP contribution < -0.4 is 4.90 Å². The maximum Gasteiger partial charge on any atom is 0.274 e. The number of hydrogen-bond donors (Lipinski definition) is 0. The number of ether oxygens (including phenoxy) is 2. The summed E-state index contributed by atoms with van der Waals surface area (Å²) in [7, 11) is 0. The molecular weight excluding hydrogens is 334 g/mol. The summed E-state index contributed by atoms with van der Waals surface area (Å²) in [5, 5.41) is 8.50. The Kier molecular flexibility index (Phi) is 5.06. The lowest BCUT2D eigenvalue weighted by Crippen LogP contribution is -2.47. The highest BCUT2D eigenvalue weighted by atomic mass is 16.7. The summed E-state index contributed by atoms with van der Waals surface area (Å²) < 4.78 is 11.4. The second-order valence-electron chi connectivity index (χ2n) is 7.10. The van der Waals surface area contributed by atoms with Crippen LogP contribution in [-0.2, 0) is 9.47 Å². The minimum Gasteiger partial charge on any atom is -0.353 e. The van der Waals surface area contributed by atoms with Gasteiger partial charge in [-0.25, -0.2) is 0 Å². The molecule has 4 heterocycles. The summed E-state index contributed by atoms with van der Waals surface area (Å²) in [6.45, 7) is 9.79. The Balaban J connectivity index is 1.34. The Hall–Kier alpha value is -1.77. The molecule has 1 spiro atoms. The first-order valence-electron chi connectivity index (χ1n) is 9.57. The van der Waals surface area contributed by atoms with Crippen LogP contribution in [0, 0.1) is 0 Å². The number of carbonyl (C=O) groups excluding carboxylic acids is 1. The van der Waals surface area contributed by atoms with Gasteiger partial charge in [-0.1, -0.05) is 6.92 Å². The van der Waals surface area contributed by atoms with Crippen LogP contribution in [0.15, 0.2) is 12.1 Å².